The first-order valence-electron chi connectivity index (χ1n) is 8.82. The minimum Gasteiger partial charge on any atom is -0.433 e. The molecule has 4 unspecified atom stereocenters. The van der Waals surface area contributed by atoms with Gasteiger partial charge in [-0.05, 0) is 25.2 Å². The predicted octanol–water partition coefficient (Wildman–Crippen LogP) is 0.145. The second-order valence-corrected chi connectivity index (χ2v) is 7.67. The summed E-state index contributed by atoms with van der Waals surface area (Å²) in [5, 5.41) is 2.80. The SMILES string of the molecule is CCOC1OC(=O)CC1NC(=O)C1CCCN1C(=O)C(N)C(C)(C)C. The summed E-state index contributed by atoms with van der Waals surface area (Å²) in [5.74, 6) is -0.914. The third-order valence-electron chi connectivity index (χ3n) is 4.66. The van der Waals surface area contributed by atoms with Crippen LogP contribution in [0.15, 0.2) is 0 Å². The molecule has 2 fully saturated rings. The van der Waals surface area contributed by atoms with Crippen LogP contribution >= 0.6 is 0 Å². The van der Waals surface area contributed by atoms with Crippen molar-refractivity contribution in [1.29, 1.82) is 0 Å². The van der Waals surface area contributed by atoms with Gasteiger partial charge in [-0.15, -0.1) is 0 Å². The number of hydrogen-bond acceptors (Lipinski definition) is 6. The Morgan fingerprint density at radius 2 is 2.12 bits per heavy atom. The van der Waals surface area contributed by atoms with Crippen LogP contribution in [0.25, 0.3) is 0 Å². The van der Waals surface area contributed by atoms with Crippen molar-refractivity contribution in [2.45, 2.75) is 71.4 Å². The van der Waals surface area contributed by atoms with E-state index in [1.807, 2.05) is 20.8 Å². The van der Waals surface area contributed by atoms with Crippen molar-refractivity contribution < 1.29 is 23.9 Å². The highest BCUT2D eigenvalue weighted by Crippen LogP contribution is 2.25. The standard InChI is InChI=1S/C17H29N3O5/c1-5-24-16-10(9-12(21)25-16)19-14(22)11-7-6-8-20(11)15(23)13(18)17(2,3)4/h10-11,13,16H,5-9,18H2,1-4H3,(H,19,22). The normalized spacial score (nSPS) is 28.0. The van der Waals surface area contributed by atoms with Crippen LogP contribution in [0.5, 0.6) is 0 Å². The molecule has 2 amide bonds. The van der Waals surface area contributed by atoms with Gasteiger partial charge in [0.25, 0.3) is 0 Å². The Hall–Kier alpha value is -1.67. The molecule has 8 nitrogen and oxygen atoms in total. The average molecular weight is 355 g/mol. The molecule has 8 heteroatoms. The number of nitrogens with zero attached hydrogens (tertiary/aromatic N) is 1. The number of hydrogen-bond donors (Lipinski definition) is 2. The van der Waals surface area contributed by atoms with Gasteiger partial charge in [-0.1, -0.05) is 20.8 Å². The molecule has 2 rings (SSSR count). The van der Waals surface area contributed by atoms with Gasteiger partial charge >= 0.3 is 5.97 Å². The molecule has 4 atom stereocenters. The van der Waals surface area contributed by atoms with Gasteiger partial charge in [0.2, 0.25) is 18.1 Å². The van der Waals surface area contributed by atoms with E-state index in [0.29, 0.717) is 19.6 Å². The molecule has 2 aliphatic heterocycles. The zero-order valence-electron chi connectivity index (χ0n) is 15.4. The van der Waals surface area contributed by atoms with Gasteiger partial charge in [0.1, 0.15) is 12.1 Å². The maximum absolute atomic E-state index is 12.7. The monoisotopic (exact) mass is 355 g/mol. The van der Waals surface area contributed by atoms with Crippen LogP contribution in [0, 0.1) is 5.41 Å². The van der Waals surface area contributed by atoms with Crippen molar-refractivity contribution in [3.8, 4) is 0 Å². The van der Waals surface area contributed by atoms with Crippen molar-refractivity contribution >= 4 is 17.8 Å². The molecule has 0 aliphatic carbocycles. The lowest BCUT2D eigenvalue weighted by atomic mass is 9.86. The molecule has 2 saturated heterocycles. The Kier molecular flexibility index (Phi) is 6.05. The Balaban J connectivity index is 2.03. The largest absolute Gasteiger partial charge is 0.433 e. The molecular weight excluding hydrogens is 326 g/mol. The number of carbonyl (C=O) groups is 3. The zero-order chi connectivity index (χ0) is 18.8. The summed E-state index contributed by atoms with van der Waals surface area (Å²) in [7, 11) is 0. The van der Waals surface area contributed by atoms with Crippen LogP contribution in [-0.4, -0.2) is 60.3 Å². The van der Waals surface area contributed by atoms with Gasteiger partial charge in [-0.3, -0.25) is 14.4 Å². The van der Waals surface area contributed by atoms with Crippen LogP contribution in [-0.2, 0) is 23.9 Å². The number of nitrogens with one attached hydrogen (secondary N) is 1. The first kappa shape index (κ1) is 19.7. The lowest BCUT2D eigenvalue weighted by molar-refractivity contribution is -0.164. The second kappa shape index (κ2) is 7.70. The van der Waals surface area contributed by atoms with E-state index in [2.05, 4.69) is 5.32 Å². The average Bonchev–Trinajstić information content (AvgIpc) is 3.12. The quantitative estimate of drug-likeness (QED) is 0.679. The highest BCUT2D eigenvalue weighted by Gasteiger charge is 2.42. The minimum atomic E-state index is -0.774. The van der Waals surface area contributed by atoms with E-state index in [1.165, 1.54) is 0 Å². The first-order chi connectivity index (χ1) is 11.6. The molecule has 0 aromatic carbocycles. The minimum absolute atomic E-state index is 0.0680. The molecule has 142 valence electrons. The van der Waals surface area contributed by atoms with Crippen molar-refractivity contribution in [2.24, 2.45) is 11.1 Å². The summed E-state index contributed by atoms with van der Waals surface area (Å²) in [5.41, 5.74) is 5.69. The predicted molar refractivity (Wildman–Crippen MR) is 90.2 cm³/mol. The van der Waals surface area contributed by atoms with E-state index in [0.717, 1.165) is 6.42 Å². The van der Waals surface area contributed by atoms with Crippen LogP contribution in [0.2, 0.25) is 0 Å². The molecular formula is C17H29N3O5. The van der Waals surface area contributed by atoms with E-state index >= 15 is 0 Å². The topological polar surface area (TPSA) is 111 Å². The summed E-state index contributed by atoms with van der Waals surface area (Å²) in [6.07, 6.45) is 0.618. The summed E-state index contributed by atoms with van der Waals surface area (Å²) in [6, 6.07) is -1.78. The zero-order valence-corrected chi connectivity index (χ0v) is 15.4. The molecule has 2 heterocycles. The Bertz CT molecular complexity index is 531. The maximum atomic E-state index is 12.7. The number of amides is 2. The van der Waals surface area contributed by atoms with E-state index in [1.54, 1.807) is 11.8 Å². The fourth-order valence-corrected chi connectivity index (χ4v) is 3.10. The number of rotatable bonds is 5. The number of nitrogens with two attached hydrogens (primary N) is 1. The van der Waals surface area contributed by atoms with Gasteiger partial charge in [0, 0.05) is 13.2 Å². The van der Waals surface area contributed by atoms with Crippen LogP contribution in [0.1, 0.15) is 47.0 Å². The van der Waals surface area contributed by atoms with Gasteiger partial charge in [-0.25, -0.2) is 0 Å². The third kappa shape index (κ3) is 4.49. The van der Waals surface area contributed by atoms with Crippen molar-refractivity contribution in [2.75, 3.05) is 13.2 Å². The molecule has 2 aliphatic rings. The van der Waals surface area contributed by atoms with Gasteiger partial charge < -0.3 is 25.4 Å². The molecule has 0 aromatic rings. The second-order valence-electron chi connectivity index (χ2n) is 7.67. The lowest BCUT2D eigenvalue weighted by Crippen LogP contribution is -2.56. The van der Waals surface area contributed by atoms with Crippen molar-refractivity contribution in [3.63, 3.8) is 0 Å². The van der Waals surface area contributed by atoms with E-state index < -0.39 is 30.4 Å². The highest BCUT2D eigenvalue weighted by atomic mass is 16.7. The van der Waals surface area contributed by atoms with Gasteiger partial charge in [0.15, 0.2) is 0 Å². The molecule has 0 radical (unpaired) electrons. The Morgan fingerprint density at radius 1 is 1.44 bits per heavy atom. The number of carbonyl (C=O) groups excluding carboxylic acids is 3. The number of ether oxygens (including phenoxy) is 2. The number of esters is 1. The van der Waals surface area contributed by atoms with Crippen LogP contribution in [0.3, 0.4) is 0 Å². The Morgan fingerprint density at radius 3 is 2.72 bits per heavy atom. The number of cyclic esters (lactones) is 1. The molecule has 3 N–H and O–H groups in total. The van der Waals surface area contributed by atoms with Gasteiger partial charge in [0.05, 0.1) is 12.5 Å². The molecule has 0 bridgehead atoms. The summed E-state index contributed by atoms with van der Waals surface area (Å²) in [4.78, 5) is 38.4. The molecule has 25 heavy (non-hydrogen) atoms. The van der Waals surface area contributed by atoms with E-state index in [4.69, 9.17) is 15.2 Å². The summed E-state index contributed by atoms with van der Waals surface area (Å²) >= 11 is 0. The first-order valence-corrected chi connectivity index (χ1v) is 8.82. The number of likely N-dealkylation sites (tertiary alicyclic amines) is 1. The molecule has 0 saturated carbocycles. The van der Waals surface area contributed by atoms with Crippen LogP contribution in [0.4, 0.5) is 0 Å². The molecule has 0 aromatic heterocycles. The van der Waals surface area contributed by atoms with Crippen molar-refractivity contribution in [3.05, 3.63) is 0 Å². The Labute approximate surface area is 148 Å². The fraction of sp³-hybridized carbons (Fsp3) is 0.824. The highest BCUT2D eigenvalue weighted by molar-refractivity contribution is 5.91. The van der Waals surface area contributed by atoms with E-state index in [9.17, 15) is 14.4 Å². The smallest absolute Gasteiger partial charge is 0.310 e. The summed E-state index contributed by atoms with van der Waals surface area (Å²) < 4.78 is 10.4. The summed E-state index contributed by atoms with van der Waals surface area (Å²) in [6.45, 7) is 8.36. The van der Waals surface area contributed by atoms with E-state index in [-0.39, 0.29) is 23.7 Å². The lowest BCUT2D eigenvalue weighted by Gasteiger charge is -2.33. The third-order valence-corrected chi connectivity index (χ3v) is 4.66. The maximum Gasteiger partial charge on any atom is 0.310 e. The fourth-order valence-electron chi connectivity index (χ4n) is 3.10. The van der Waals surface area contributed by atoms with Gasteiger partial charge in [-0.2, -0.15) is 0 Å². The van der Waals surface area contributed by atoms with Crippen LogP contribution < -0.4 is 11.1 Å². The van der Waals surface area contributed by atoms with Crippen molar-refractivity contribution in [1.82, 2.24) is 10.2 Å². The molecule has 0 spiro atoms.